The fourth-order valence-electron chi connectivity index (χ4n) is 1.61. The van der Waals surface area contributed by atoms with E-state index in [1.807, 2.05) is 0 Å². The van der Waals surface area contributed by atoms with Crippen LogP contribution in [0.1, 0.15) is 18.5 Å². The third-order valence-corrected chi connectivity index (χ3v) is 2.55. The standard InChI is InChI=1S/C13H16F5NO2/c1-9(19-5-6-20-8-13(16,17)18)10-3-2-4-11(7-10)21-12(14)15/h2-4,7,9,12,19H,5-6,8H2,1H3. The Bertz CT molecular complexity index is 425. The highest BCUT2D eigenvalue weighted by atomic mass is 19.4. The molecular weight excluding hydrogens is 297 g/mol. The monoisotopic (exact) mass is 313 g/mol. The number of benzene rings is 1. The van der Waals surface area contributed by atoms with Gasteiger partial charge in [-0.15, -0.1) is 0 Å². The van der Waals surface area contributed by atoms with Gasteiger partial charge in [0.2, 0.25) is 0 Å². The van der Waals surface area contributed by atoms with Crippen molar-refractivity contribution in [3.8, 4) is 5.75 Å². The second-order valence-electron chi connectivity index (χ2n) is 4.29. The summed E-state index contributed by atoms with van der Waals surface area (Å²) in [5.74, 6) is 0.0319. The first-order chi connectivity index (χ1) is 9.78. The van der Waals surface area contributed by atoms with Gasteiger partial charge in [0.1, 0.15) is 12.4 Å². The van der Waals surface area contributed by atoms with Crippen molar-refractivity contribution in [2.24, 2.45) is 0 Å². The van der Waals surface area contributed by atoms with Crippen molar-refractivity contribution in [2.75, 3.05) is 19.8 Å². The second kappa shape index (κ2) is 8.14. The summed E-state index contributed by atoms with van der Waals surface area (Å²) in [5.41, 5.74) is 0.684. The minimum atomic E-state index is -4.34. The average Bonchev–Trinajstić information content (AvgIpc) is 2.36. The van der Waals surface area contributed by atoms with Crippen LogP contribution in [0.5, 0.6) is 5.75 Å². The quantitative estimate of drug-likeness (QED) is 0.588. The van der Waals surface area contributed by atoms with Gasteiger partial charge in [0, 0.05) is 12.6 Å². The Morgan fingerprint density at radius 1 is 1.24 bits per heavy atom. The van der Waals surface area contributed by atoms with Gasteiger partial charge >= 0.3 is 12.8 Å². The van der Waals surface area contributed by atoms with Gasteiger partial charge in [-0.3, -0.25) is 0 Å². The van der Waals surface area contributed by atoms with E-state index in [-0.39, 0.29) is 24.9 Å². The Morgan fingerprint density at radius 2 is 1.95 bits per heavy atom. The molecule has 0 aliphatic heterocycles. The van der Waals surface area contributed by atoms with Gasteiger partial charge in [-0.25, -0.2) is 0 Å². The highest BCUT2D eigenvalue weighted by Crippen LogP contribution is 2.20. The van der Waals surface area contributed by atoms with Crippen molar-refractivity contribution in [2.45, 2.75) is 25.8 Å². The molecule has 0 fully saturated rings. The molecular formula is C13H16F5NO2. The molecule has 0 aliphatic rings. The van der Waals surface area contributed by atoms with Crippen LogP contribution in [-0.4, -0.2) is 32.5 Å². The predicted octanol–water partition coefficient (Wildman–Crippen LogP) is 3.52. The van der Waals surface area contributed by atoms with Gasteiger partial charge in [0.15, 0.2) is 0 Å². The topological polar surface area (TPSA) is 30.5 Å². The molecule has 120 valence electrons. The van der Waals surface area contributed by atoms with Crippen LogP contribution in [0.4, 0.5) is 22.0 Å². The number of ether oxygens (including phenoxy) is 2. The lowest BCUT2D eigenvalue weighted by Gasteiger charge is -2.16. The molecule has 0 amide bonds. The fraction of sp³-hybridized carbons (Fsp3) is 0.538. The van der Waals surface area contributed by atoms with Crippen LogP contribution >= 0.6 is 0 Å². The van der Waals surface area contributed by atoms with E-state index in [1.165, 1.54) is 12.1 Å². The minimum Gasteiger partial charge on any atom is -0.435 e. The maximum atomic E-state index is 12.1. The molecule has 0 spiro atoms. The van der Waals surface area contributed by atoms with E-state index < -0.39 is 19.4 Å². The molecule has 0 heterocycles. The van der Waals surface area contributed by atoms with Crippen LogP contribution < -0.4 is 10.1 Å². The number of hydrogen-bond acceptors (Lipinski definition) is 3. The van der Waals surface area contributed by atoms with E-state index in [2.05, 4.69) is 14.8 Å². The Kier molecular flexibility index (Phi) is 6.83. The van der Waals surface area contributed by atoms with Crippen LogP contribution in [0.25, 0.3) is 0 Å². The van der Waals surface area contributed by atoms with E-state index in [0.717, 1.165) is 0 Å². The van der Waals surface area contributed by atoms with Crippen LogP contribution in [0.15, 0.2) is 24.3 Å². The molecule has 1 aromatic rings. The number of nitrogens with one attached hydrogen (secondary N) is 1. The van der Waals surface area contributed by atoms with Crippen molar-refractivity contribution in [1.82, 2.24) is 5.32 Å². The van der Waals surface area contributed by atoms with Crippen LogP contribution in [0.2, 0.25) is 0 Å². The van der Waals surface area contributed by atoms with Crippen LogP contribution in [0, 0.1) is 0 Å². The van der Waals surface area contributed by atoms with Crippen molar-refractivity contribution in [1.29, 1.82) is 0 Å². The molecule has 1 N–H and O–H groups in total. The number of alkyl halides is 5. The number of rotatable bonds is 8. The zero-order valence-electron chi connectivity index (χ0n) is 11.3. The zero-order valence-corrected chi connectivity index (χ0v) is 11.3. The molecule has 0 bridgehead atoms. The molecule has 1 atom stereocenters. The van der Waals surface area contributed by atoms with Crippen molar-refractivity contribution in [3.05, 3.63) is 29.8 Å². The summed E-state index contributed by atoms with van der Waals surface area (Å²) in [5, 5.41) is 2.93. The van der Waals surface area contributed by atoms with E-state index in [0.29, 0.717) is 5.56 Å². The van der Waals surface area contributed by atoms with E-state index in [1.54, 1.807) is 19.1 Å². The summed E-state index contributed by atoms with van der Waals surface area (Å²) in [6, 6.07) is 5.87. The summed E-state index contributed by atoms with van der Waals surface area (Å²) < 4.78 is 68.4. The van der Waals surface area contributed by atoms with Gasteiger partial charge in [-0.2, -0.15) is 22.0 Å². The minimum absolute atomic E-state index is 0.0319. The SMILES string of the molecule is CC(NCCOCC(F)(F)F)c1cccc(OC(F)F)c1. The molecule has 0 saturated heterocycles. The van der Waals surface area contributed by atoms with Gasteiger partial charge in [-0.05, 0) is 24.6 Å². The smallest absolute Gasteiger partial charge is 0.411 e. The predicted molar refractivity (Wildman–Crippen MR) is 66.4 cm³/mol. The first-order valence-corrected chi connectivity index (χ1v) is 6.20. The van der Waals surface area contributed by atoms with Crippen LogP contribution in [0.3, 0.4) is 0 Å². The van der Waals surface area contributed by atoms with Gasteiger partial charge in [-0.1, -0.05) is 12.1 Å². The third-order valence-electron chi connectivity index (χ3n) is 2.55. The number of hydrogen-bond donors (Lipinski definition) is 1. The Morgan fingerprint density at radius 3 is 2.57 bits per heavy atom. The Hall–Kier alpha value is -1.41. The second-order valence-corrected chi connectivity index (χ2v) is 4.29. The summed E-state index contributed by atoms with van der Waals surface area (Å²) in [6.45, 7) is -2.33. The van der Waals surface area contributed by atoms with Crippen molar-refractivity contribution < 1.29 is 31.4 Å². The first-order valence-electron chi connectivity index (χ1n) is 6.20. The lowest BCUT2D eigenvalue weighted by atomic mass is 10.1. The molecule has 0 radical (unpaired) electrons. The van der Waals surface area contributed by atoms with Gasteiger partial charge in [0.05, 0.1) is 6.61 Å². The van der Waals surface area contributed by atoms with Crippen molar-refractivity contribution >= 4 is 0 Å². The Labute approximate surface area is 119 Å². The maximum Gasteiger partial charge on any atom is 0.411 e. The van der Waals surface area contributed by atoms with E-state index in [4.69, 9.17) is 0 Å². The van der Waals surface area contributed by atoms with Gasteiger partial charge < -0.3 is 14.8 Å². The molecule has 8 heteroatoms. The molecule has 1 aromatic carbocycles. The molecule has 0 saturated carbocycles. The fourth-order valence-corrected chi connectivity index (χ4v) is 1.61. The molecule has 1 unspecified atom stereocenters. The molecule has 21 heavy (non-hydrogen) atoms. The zero-order chi connectivity index (χ0) is 15.9. The van der Waals surface area contributed by atoms with E-state index in [9.17, 15) is 22.0 Å². The highest BCUT2D eigenvalue weighted by Gasteiger charge is 2.27. The molecule has 0 aromatic heterocycles. The number of halogens is 5. The first kappa shape index (κ1) is 17.6. The Balaban J connectivity index is 2.36. The summed E-state index contributed by atoms with van der Waals surface area (Å²) in [4.78, 5) is 0. The molecule has 3 nitrogen and oxygen atoms in total. The van der Waals surface area contributed by atoms with Crippen molar-refractivity contribution in [3.63, 3.8) is 0 Å². The highest BCUT2D eigenvalue weighted by molar-refractivity contribution is 5.30. The third kappa shape index (κ3) is 7.81. The van der Waals surface area contributed by atoms with E-state index >= 15 is 0 Å². The lowest BCUT2D eigenvalue weighted by Crippen LogP contribution is -2.26. The normalized spacial score (nSPS) is 13.5. The molecule has 1 rings (SSSR count). The summed E-state index contributed by atoms with van der Waals surface area (Å²) in [6.07, 6.45) is -4.34. The largest absolute Gasteiger partial charge is 0.435 e. The summed E-state index contributed by atoms with van der Waals surface area (Å²) in [7, 11) is 0. The molecule has 0 aliphatic carbocycles. The van der Waals surface area contributed by atoms with Gasteiger partial charge in [0.25, 0.3) is 0 Å². The summed E-state index contributed by atoms with van der Waals surface area (Å²) >= 11 is 0. The lowest BCUT2D eigenvalue weighted by molar-refractivity contribution is -0.173. The maximum absolute atomic E-state index is 12.1. The van der Waals surface area contributed by atoms with Crippen LogP contribution in [-0.2, 0) is 4.74 Å². The average molecular weight is 313 g/mol.